The Balaban J connectivity index is 1.63. The molecule has 0 aliphatic carbocycles. The number of hydrogen-bond donors (Lipinski definition) is 1. The molecule has 1 saturated heterocycles. The summed E-state index contributed by atoms with van der Waals surface area (Å²) in [5, 5.41) is 2.60. The molecule has 28 heavy (non-hydrogen) atoms. The SMILES string of the molecule is O=C(COC(=O)c1cccc(S(=O)(=O)N2CCOCC2)c1)Nc1ccccc1. The van der Waals surface area contributed by atoms with Gasteiger partial charge in [0.25, 0.3) is 5.91 Å². The van der Waals surface area contributed by atoms with Gasteiger partial charge in [0, 0.05) is 18.8 Å². The van der Waals surface area contributed by atoms with Crippen molar-refractivity contribution in [1.82, 2.24) is 4.31 Å². The van der Waals surface area contributed by atoms with Gasteiger partial charge in [0.2, 0.25) is 10.0 Å². The Bertz CT molecular complexity index is 940. The Kier molecular flexibility index (Phi) is 6.40. The average Bonchev–Trinajstić information content (AvgIpc) is 2.73. The summed E-state index contributed by atoms with van der Waals surface area (Å²) in [4.78, 5) is 24.1. The summed E-state index contributed by atoms with van der Waals surface area (Å²) >= 11 is 0. The van der Waals surface area contributed by atoms with Crippen molar-refractivity contribution in [2.75, 3.05) is 38.2 Å². The number of hydrogen-bond acceptors (Lipinski definition) is 6. The Morgan fingerprint density at radius 1 is 1.04 bits per heavy atom. The van der Waals surface area contributed by atoms with E-state index >= 15 is 0 Å². The highest BCUT2D eigenvalue weighted by Crippen LogP contribution is 2.19. The van der Waals surface area contributed by atoms with Gasteiger partial charge in [-0.05, 0) is 30.3 Å². The van der Waals surface area contributed by atoms with Crippen molar-refractivity contribution < 1.29 is 27.5 Å². The van der Waals surface area contributed by atoms with Crippen LogP contribution in [0.15, 0.2) is 59.5 Å². The lowest BCUT2D eigenvalue weighted by atomic mass is 10.2. The van der Waals surface area contributed by atoms with Crippen LogP contribution in [-0.4, -0.2) is 57.5 Å². The van der Waals surface area contributed by atoms with Crippen molar-refractivity contribution in [3.05, 3.63) is 60.2 Å². The van der Waals surface area contributed by atoms with Crippen molar-refractivity contribution in [2.24, 2.45) is 0 Å². The lowest BCUT2D eigenvalue weighted by Gasteiger charge is -2.26. The Hall–Kier alpha value is -2.75. The van der Waals surface area contributed by atoms with Gasteiger partial charge in [0.1, 0.15) is 0 Å². The molecule has 2 aromatic rings. The number of carbonyl (C=O) groups excluding carboxylic acids is 2. The molecule has 0 spiro atoms. The molecule has 8 nitrogen and oxygen atoms in total. The molecule has 1 aliphatic heterocycles. The van der Waals surface area contributed by atoms with E-state index in [2.05, 4.69) is 5.32 Å². The maximum atomic E-state index is 12.7. The number of para-hydroxylation sites is 1. The summed E-state index contributed by atoms with van der Waals surface area (Å²) in [7, 11) is -3.72. The van der Waals surface area contributed by atoms with E-state index in [0.717, 1.165) is 0 Å². The standard InChI is InChI=1S/C19H20N2O6S/c22-18(20-16-6-2-1-3-7-16)14-27-19(23)15-5-4-8-17(13-15)28(24,25)21-9-11-26-12-10-21/h1-8,13H,9-12,14H2,(H,20,22). The van der Waals surface area contributed by atoms with Crippen LogP contribution in [0.3, 0.4) is 0 Å². The highest BCUT2D eigenvalue weighted by atomic mass is 32.2. The van der Waals surface area contributed by atoms with Crippen LogP contribution in [-0.2, 0) is 24.3 Å². The number of morpholine rings is 1. The van der Waals surface area contributed by atoms with E-state index in [1.807, 2.05) is 6.07 Å². The zero-order valence-electron chi connectivity index (χ0n) is 15.0. The molecule has 1 N–H and O–H groups in total. The first kappa shape index (κ1) is 20.0. The number of nitrogens with one attached hydrogen (secondary N) is 1. The minimum Gasteiger partial charge on any atom is -0.452 e. The molecule has 1 fully saturated rings. The number of amides is 1. The number of anilines is 1. The fraction of sp³-hybridized carbons (Fsp3) is 0.263. The van der Waals surface area contributed by atoms with Gasteiger partial charge in [-0.2, -0.15) is 4.31 Å². The third-order valence-electron chi connectivity index (χ3n) is 4.07. The summed E-state index contributed by atoms with van der Waals surface area (Å²) in [6.07, 6.45) is 0. The summed E-state index contributed by atoms with van der Waals surface area (Å²) in [6.45, 7) is 0.705. The summed E-state index contributed by atoms with van der Waals surface area (Å²) in [5.74, 6) is -1.26. The molecule has 0 unspecified atom stereocenters. The molecule has 3 rings (SSSR count). The van der Waals surface area contributed by atoms with Crippen LogP contribution >= 0.6 is 0 Å². The van der Waals surface area contributed by atoms with Crippen LogP contribution in [0.25, 0.3) is 0 Å². The normalized spacial score (nSPS) is 15.0. The van der Waals surface area contributed by atoms with Crippen molar-refractivity contribution >= 4 is 27.6 Å². The quantitative estimate of drug-likeness (QED) is 0.732. The van der Waals surface area contributed by atoms with Gasteiger partial charge in [0.05, 0.1) is 23.7 Å². The second kappa shape index (κ2) is 8.96. The number of benzene rings is 2. The molecule has 0 radical (unpaired) electrons. The van der Waals surface area contributed by atoms with Crippen LogP contribution in [0.4, 0.5) is 5.69 Å². The second-order valence-corrected chi connectivity index (χ2v) is 7.97. The van der Waals surface area contributed by atoms with Gasteiger partial charge in [0.15, 0.2) is 6.61 Å². The molecule has 0 bridgehead atoms. The highest BCUT2D eigenvalue weighted by molar-refractivity contribution is 7.89. The van der Waals surface area contributed by atoms with E-state index in [4.69, 9.17) is 9.47 Å². The number of esters is 1. The zero-order valence-corrected chi connectivity index (χ0v) is 15.9. The van der Waals surface area contributed by atoms with Crippen LogP contribution in [0.2, 0.25) is 0 Å². The van der Waals surface area contributed by atoms with E-state index in [-0.39, 0.29) is 23.5 Å². The van der Waals surface area contributed by atoms with E-state index in [0.29, 0.717) is 18.9 Å². The minimum absolute atomic E-state index is 0.00223. The van der Waals surface area contributed by atoms with Gasteiger partial charge in [-0.1, -0.05) is 24.3 Å². The Morgan fingerprint density at radius 3 is 2.46 bits per heavy atom. The second-order valence-electron chi connectivity index (χ2n) is 6.03. The van der Waals surface area contributed by atoms with Crippen LogP contribution in [0, 0.1) is 0 Å². The van der Waals surface area contributed by atoms with E-state index in [9.17, 15) is 18.0 Å². The molecule has 0 atom stereocenters. The number of carbonyl (C=O) groups is 2. The molecular formula is C19H20N2O6S. The number of nitrogens with zero attached hydrogens (tertiary/aromatic N) is 1. The maximum absolute atomic E-state index is 12.7. The van der Waals surface area contributed by atoms with E-state index < -0.39 is 28.5 Å². The van der Waals surface area contributed by atoms with E-state index in [1.165, 1.54) is 28.6 Å². The topological polar surface area (TPSA) is 102 Å². The van der Waals surface area contributed by atoms with Crippen LogP contribution in [0.1, 0.15) is 10.4 Å². The molecule has 0 saturated carbocycles. The van der Waals surface area contributed by atoms with Crippen molar-refractivity contribution in [2.45, 2.75) is 4.90 Å². The number of sulfonamides is 1. The molecule has 2 aromatic carbocycles. The summed E-state index contributed by atoms with van der Waals surface area (Å²) < 4.78 is 36.9. The van der Waals surface area contributed by atoms with E-state index in [1.54, 1.807) is 24.3 Å². The average molecular weight is 404 g/mol. The summed E-state index contributed by atoms with van der Waals surface area (Å²) in [5.41, 5.74) is 0.643. The molecule has 1 amide bonds. The predicted molar refractivity (Wildman–Crippen MR) is 101 cm³/mol. The first-order valence-electron chi connectivity index (χ1n) is 8.67. The van der Waals surface area contributed by atoms with Crippen molar-refractivity contribution in [3.8, 4) is 0 Å². The van der Waals surface area contributed by atoms with Crippen molar-refractivity contribution in [1.29, 1.82) is 0 Å². The first-order chi connectivity index (χ1) is 13.5. The molecule has 9 heteroatoms. The fourth-order valence-corrected chi connectivity index (χ4v) is 4.11. The number of rotatable bonds is 6. The van der Waals surface area contributed by atoms with Gasteiger partial charge in [-0.15, -0.1) is 0 Å². The Labute approximate surface area is 163 Å². The third kappa shape index (κ3) is 4.94. The maximum Gasteiger partial charge on any atom is 0.338 e. The predicted octanol–water partition coefficient (Wildman–Crippen LogP) is 1.50. The molecular weight excluding hydrogens is 384 g/mol. The monoisotopic (exact) mass is 404 g/mol. The van der Waals surface area contributed by atoms with Gasteiger partial charge >= 0.3 is 5.97 Å². The minimum atomic E-state index is -3.72. The fourth-order valence-electron chi connectivity index (χ4n) is 2.65. The lowest BCUT2D eigenvalue weighted by Crippen LogP contribution is -2.40. The molecule has 1 heterocycles. The van der Waals surface area contributed by atoms with Gasteiger partial charge < -0.3 is 14.8 Å². The largest absolute Gasteiger partial charge is 0.452 e. The van der Waals surface area contributed by atoms with Gasteiger partial charge in [-0.25, -0.2) is 13.2 Å². The first-order valence-corrected chi connectivity index (χ1v) is 10.1. The van der Waals surface area contributed by atoms with Crippen LogP contribution < -0.4 is 5.32 Å². The summed E-state index contributed by atoms with van der Waals surface area (Å²) in [6, 6.07) is 14.3. The number of ether oxygens (including phenoxy) is 2. The molecule has 1 aliphatic rings. The third-order valence-corrected chi connectivity index (χ3v) is 5.96. The zero-order chi connectivity index (χ0) is 20.0. The smallest absolute Gasteiger partial charge is 0.338 e. The highest BCUT2D eigenvalue weighted by Gasteiger charge is 2.27. The lowest BCUT2D eigenvalue weighted by molar-refractivity contribution is -0.119. The van der Waals surface area contributed by atoms with Gasteiger partial charge in [-0.3, -0.25) is 4.79 Å². The van der Waals surface area contributed by atoms with Crippen molar-refractivity contribution in [3.63, 3.8) is 0 Å². The van der Waals surface area contributed by atoms with Crippen LogP contribution in [0.5, 0.6) is 0 Å². The molecule has 0 aromatic heterocycles. The Morgan fingerprint density at radius 2 is 1.75 bits per heavy atom. The molecule has 148 valence electrons.